The Morgan fingerprint density at radius 3 is 2.12 bits per heavy atom. The van der Waals surface area contributed by atoms with E-state index in [9.17, 15) is 18.3 Å². The molecule has 2 aromatic rings. The molecule has 0 saturated heterocycles. The second-order valence-corrected chi connectivity index (χ2v) is 7.41. The molecule has 2 rings (SSSR count). The van der Waals surface area contributed by atoms with Gasteiger partial charge in [0.15, 0.2) is 5.60 Å². The minimum absolute atomic E-state index is 0.251. The average Bonchev–Trinajstić information content (AvgIpc) is 2.45. The molecule has 0 aliphatic carbocycles. The Balaban J connectivity index is 2.38. The highest BCUT2D eigenvalue weighted by molar-refractivity contribution is 5.26. The molecule has 0 aliphatic rings. The lowest BCUT2D eigenvalue weighted by molar-refractivity contribution is -0.266. The predicted octanol–water partition coefficient (Wildman–Crippen LogP) is 4.90. The van der Waals surface area contributed by atoms with E-state index in [-0.39, 0.29) is 5.69 Å². The summed E-state index contributed by atoms with van der Waals surface area (Å²) in [5.74, 6) is 0. The Hall–Kier alpha value is -1.88. The molecule has 5 heteroatoms. The van der Waals surface area contributed by atoms with Gasteiger partial charge in [-0.15, -0.1) is 0 Å². The van der Waals surface area contributed by atoms with Crippen molar-refractivity contribution >= 4 is 0 Å². The molecule has 0 radical (unpaired) electrons. The number of nitrogens with zero attached hydrogens (tertiary/aromatic N) is 1. The van der Waals surface area contributed by atoms with Crippen LogP contribution in [0.15, 0.2) is 42.5 Å². The maximum absolute atomic E-state index is 13.8. The van der Waals surface area contributed by atoms with Crippen molar-refractivity contribution in [1.82, 2.24) is 4.98 Å². The fourth-order valence-electron chi connectivity index (χ4n) is 3.30. The predicted molar refractivity (Wildman–Crippen MR) is 92.5 cm³/mol. The third kappa shape index (κ3) is 4.60. The van der Waals surface area contributed by atoms with Gasteiger partial charge in [0.1, 0.15) is 0 Å². The second-order valence-electron chi connectivity index (χ2n) is 7.41. The summed E-state index contributed by atoms with van der Waals surface area (Å²) in [5, 5.41) is 10.6. The third-order valence-electron chi connectivity index (χ3n) is 4.44. The molecular formula is C20H24F3NO. The van der Waals surface area contributed by atoms with Crippen LogP contribution in [0.25, 0.3) is 0 Å². The van der Waals surface area contributed by atoms with Crippen molar-refractivity contribution in [3.8, 4) is 0 Å². The average molecular weight is 351 g/mol. The maximum atomic E-state index is 13.8. The summed E-state index contributed by atoms with van der Waals surface area (Å²) in [7, 11) is 0. The highest BCUT2D eigenvalue weighted by Gasteiger charge is 2.56. The lowest BCUT2D eigenvalue weighted by Crippen LogP contribution is -2.51. The molecule has 1 aromatic heterocycles. The van der Waals surface area contributed by atoms with Crippen molar-refractivity contribution in [2.24, 2.45) is 0 Å². The largest absolute Gasteiger partial charge is 0.417 e. The molecule has 1 N–H and O–H groups in total. The van der Waals surface area contributed by atoms with Gasteiger partial charge in [0.2, 0.25) is 0 Å². The minimum Gasteiger partial charge on any atom is -0.380 e. The van der Waals surface area contributed by atoms with Crippen LogP contribution in [0.2, 0.25) is 0 Å². The molecule has 0 amide bonds. The van der Waals surface area contributed by atoms with E-state index in [0.29, 0.717) is 5.69 Å². The van der Waals surface area contributed by atoms with E-state index in [1.54, 1.807) is 64.1 Å². The van der Waals surface area contributed by atoms with Gasteiger partial charge in [0.25, 0.3) is 0 Å². The topological polar surface area (TPSA) is 33.1 Å². The summed E-state index contributed by atoms with van der Waals surface area (Å²) >= 11 is 0. The van der Waals surface area contributed by atoms with Crippen molar-refractivity contribution in [3.63, 3.8) is 0 Å². The molecule has 0 spiro atoms. The first-order valence-corrected chi connectivity index (χ1v) is 8.22. The Bertz CT molecular complexity index is 705. The van der Waals surface area contributed by atoms with E-state index in [4.69, 9.17) is 0 Å². The Morgan fingerprint density at radius 2 is 1.60 bits per heavy atom. The first-order valence-electron chi connectivity index (χ1n) is 8.22. The van der Waals surface area contributed by atoms with E-state index in [1.165, 1.54) is 0 Å². The van der Waals surface area contributed by atoms with E-state index in [1.807, 2.05) is 6.07 Å². The molecule has 1 unspecified atom stereocenters. The molecule has 25 heavy (non-hydrogen) atoms. The van der Waals surface area contributed by atoms with Gasteiger partial charge < -0.3 is 5.11 Å². The first kappa shape index (κ1) is 19.4. The van der Waals surface area contributed by atoms with Gasteiger partial charge in [-0.05, 0) is 48.9 Å². The number of alkyl halides is 3. The number of aliphatic hydroxyl groups is 1. The van der Waals surface area contributed by atoms with E-state index < -0.39 is 30.0 Å². The van der Waals surface area contributed by atoms with Crippen LogP contribution < -0.4 is 0 Å². The van der Waals surface area contributed by atoms with Crippen molar-refractivity contribution in [1.29, 1.82) is 0 Å². The third-order valence-corrected chi connectivity index (χ3v) is 4.44. The Morgan fingerprint density at radius 1 is 1.00 bits per heavy atom. The summed E-state index contributed by atoms with van der Waals surface area (Å²) in [6, 6.07) is 12.3. The van der Waals surface area contributed by atoms with Gasteiger partial charge in [0.05, 0.1) is 0 Å². The van der Waals surface area contributed by atoms with Gasteiger partial charge in [-0.3, -0.25) is 4.98 Å². The summed E-state index contributed by atoms with van der Waals surface area (Å²) in [4.78, 5) is 4.18. The molecule has 1 atom stereocenters. The van der Waals surface area contributed by atoms with Crippen LogP contribution >= 0.6 is 0 Å². The van der Waals surface area contributed by atoms with Crippen LogP contribution in [-0.4, -0.2) is 21.9 Å². The van der Waals surface area contributed by atoms with Gasteiger partial charge in [-0.25, -0.2) is 0 Å². The number of rotatable bonds is 5. The van der Waals surface area contributed by atoms with Crippen molar-refractivity contribution < 1.29 is 18.3 Å². The molecule has 2 nitrogen and oxygen atoms in total. The molecule has 0 saturated carbocycles. The second kappa shape index (κ2) is 6.79. The zero-order chi connectivity index (χ0) is 18.9. The van der Waals surface area contributed by atoms with Crippen LogP contribution in [0.4, 0.5) is 13.2 Å². The van der Waals surface area contributed by atoms with E-state index in [0.717, 1.165) is 11.1 Å². The molecule has 1 aromatic carbocycles. The summed E-state index contributed by atoms with van der Waals surface area (Å²) < 4.78 is 41.3. The highest BCUT2D eigenvalue weighted by atomic mass is 19.4. The quantitative estimate of drug-likeness (QED) is 0.831. The smallest absolute Gasteiger partial charge is 0.380 e. The van der Waals surface area contributed by atoms with Gasteiger partial charge in [0, 0.05) is 17.8 Å². The fourth-order valence-corrected chi connectivity index (χ4v) is 3.30. The van der Waals surface area contributed by atoms with Crippen molar-refractivity contribution in [2.45, 2.75) is 57.7 Å². The van der Waals surface area contributed by atoms with Crippen LogP contribution in [0.3, 0.4) is 0 Å². The molecule has 0 fully saturated rings. The van der Waals surface area contributed by atoms with Crippen LogP contribution in [0, 0.1) is 13.8 Å². The standard InChI is InChI=1S/C20H24F3NO/c1-14-10-15(2)24-17(11-14)12-19(25,20(21,22)23)13-18(3,4)16-8-6-5-7-9-16/h5-11,25H,12-13H2,1-4H3. The van der Waals surface area contributed by atoms with Crippen LogP contribution in [0.5, 0.6) is 0 Å². The van der Waals surface area contributed by atoms with Crippen LogP contribution in [-0.2, 0) is 11.8 Å². The van der Waals surface area contributed by atoms with Crippen molar-refractivity contribution in [3.05, 3.63) is 65.0 Å². The zero-order valence-corrected chi connectivity index (χ0v) is 15.0. The van der Waals surface area contributed by atoms with Gasteiger partial charge in [-0.1, -0.05) is 44.2 Å². The Labute approximate surface area is 146 Å². The first-order chi connectivity index (χ1) is 11.4. The maximum Gasteiger partial charge on any atom is 0.417 e. The number of hydrogen-bond donors (Lipinski definition) is 1. The molecule has 0 aliphatic heterocycles. The number of aryl methyl sites for hydroxylation is 2. The van der Waals surface area contributed by atoms with Gasteiger partial charge in [-0.2, -0.15) is 13.2 Å². The summed E-state index contributed by atoms with van der Waals surface area (Å²) in [6.45, 7) is 6.97. The number of hydrogen-bond acceptors (Lipinski definition) is 2. The van der Waals surface area contributed by atoms with E-state index in [2.05, 4.69) is 4.98 Å². The molecule has 0 bridgehead atoms. The highest BCUT2D eigenvalue weighted by Crippen LogP contribution is 2.42. The molecule has 1 heterocycles. The number of benzene rings is 1. The minimum atomic E-state index is -4.75. The summed E-state index contributed by atoms with van der Waals surface area (Å²) in [5.41, 5.74) is -1.22. The lowest BCUT2D eigenvalue weighted by Gasteiger charge is -2.38. The summed E-state index contributed by atoms with van der Waals surface area (Å²) in [6.07, 6.45) is -5.75. The normalized spacial score (nSPS) is 15.0. The Kier molecular flexibility index (Phi) is 5.28. The SMILES string of the molecule is Cc1cc(C)nc(CC(O)(CC(C)(C)c2ccccc2)C(F)(F)F)c1. The number of aromatic nitrogens is 1. The lowest BCUT2D eigenvalue weighted by atomic mass is 9.73. The van der Waals surface area contributed by atoms with Crippen molar-refractivity contribution in [2.75, 3.05) is 0 Å². The fraction of sp³-hybridized carbons (Fsp3) is 0.450. The number of pyridine rings is 1. The monoisotopic (exact) mass is 351 g/mol. The van der Waals surface area contributed by atoms with Gasteiger partial charge >= 0.3 is 6.18 Å². The van der Waals surface area contributed by atoms with Crippen LogP contribution in [0.1, 0.15) is 42.8 Å². The molecule has 136 valence electrons. The zero-order valence-electron chi connectivity index (χ0n) is 15.0. The number of halogens is 3. The van der Waals surface area contributed by atoms with E-state index >= 15 is 0 Å². The molecular weight excluding hydrogens is 327 g/mol.